The van der Waals surface area contributed by atoms with Crippen molar-refractivity contribution >= 4 is 17.3 Å². The highest BCUT2D eigenvalue weighted by Gasteiger charge is 2.39. The number of ether oxygens (including phenoxy) is 1. The molecule has 1 saturated carbocycles. The third kappa shape index (κ3) is 2.57. The van der Waals surface area contributed by atoms with E-state index in [-0.39, 0.29) is 17.8 Å². The Kier molecular flexibility index (Phi) is 4.02. The number of hydrogen-bond donors (Lipinski definition) is 1. The van der Waals surface area contributed by atoms with Gasteiger partial charge in [-0.05, 0) is 38.5 Å². The highest BCUT2D eigenvalue weighted by molar-refractivity contribution is 7.09. The predicted molar refractivity (Wildman–Crippen MR) is 69.1 cm³/mol. The molecule has 0 radical (unpaired) electrons. The lowest BCUT2D eigenvalue weighted by molar-refractivity contribution is -0.147. The van der Waals surface area contributed by atoms with Crippen molar-refractivity contribution in [3.8, 4) is 0 Å². The molecule has 0 aromatic carbocycles. The molecule has 100 valence electrons. The molecule has 2 rings (SSSR count). The number of rotatable bonds is 3. The molecule has 18 heavy (non-hydrogen) atoms. The van der Waals surface area contributed by atoms with Crippen LogP contribution in [0.5, 0.6) is 0 Å². The Hall–Kier alpha value is -0.940. The van der Waals surface area contributed by atoms with Gasteiger partial charge in [0, 0.05) is 11.6 Å². The van der Waals surface area contributed by atoms with Gasteiger partial charge in [-0.15, -0.1) is 11.3 Å². The number of aromatic nitrogens is 1. The van der Waals surface area contributed by atoms with Crippen molar-refractivity contribution in [2.24, 2.45) is 11.8 Å². The first-order valence-corrected chi connectivity index (χ1v) is 7.14. The second-order valence-electron chi connectivity index (χ2n) is 5.06. The van der Waals surface area contributed by atoms with Crippen LogP contribution in [0.15, 0.2) is 11.6 Å². The van der Waals surface area contributed by atoms with Crippen molar-refractivity contribution in [2.45, 2.75) is 38.2 Å². The van der Waals surface area contributed by atoms with E-state index >= 15 is 0 Å². The molecule has 1 aliphatic rings. The number of esters is 1. The number of carbonyl (C=O) groups excluding carboxylic acids is 1. The number of carbonyl (C=O) groups is 1. The number of thiazole rings is 1. The van der Waals surface area contributed by atoms with Crippen LogP contribution in [0.2, 0.25) is 0 Å². The fraction of sp³-hybridized carbons (Fsp3) is 0.692. The van der Waals surface area contributed by atoms with Gasteiger partial charge in [0.05, 0.1) is 13.0 Å². The second-order valence-corrected chi connectivity index (χ2v) is 5.95. The third-order valence-electron chi connectivity index (χ3n) is 3.92. The van der Waals surface area contributed by atoms with Gasteiger partial charge in [0.25, 0.3) is 0 Å². The molecule has 1 N–H and O–H groups in total. The molecular formula is C13H19NO3S. The normalized spacial score (nSPS) is 27.5. The second kappa shape index (κ2) is 5.36. The summed E-state index contributed by atoms with van der Waals surface area (Å²) in [6.07, 6.45) is 4.98. The van der Waals surface area contributed by atoms with E-state index in [9.17, 15) is 9.90 Å². The van der Waals surface area contributed by atoms with Crippen molar-refractivity contribution in [1.29, 1.82) is 0 Å². The molecule has 1 unspecified atom stereocenters. The Balaban J connectivity index is 1.99. The van der Waals surface area contributed by atoms with E-state index in [4.69, 9.17) is 4.74 Å². The maximum absolute atomic E-state index is 11.5. The summed E-state index contributed by atoms with van der Waals surface area (Å²) in [4.78, 5) is 15.7. The van der Waals surface area contributed by atoms with Crippen LogP contribution in [0, 0.1) is 11.8 Å². The van der Waals surface area contributed by atoms with Crippen LogP contribution in [0.4, 0.5) is 0 Å². The largest absolute Gasteiger partial charge is 0.469 e. The van der Waals surface area contributed by atoms with Crippen molar-refractivity contribution in [1.82, 2.24) is 4.98 Å². The van der Waals surface area contributed by atoms with Crippen molar-refractivity contribution in [2.75, 3.05) is 7.11 Å². The Bertz CT molecular complexity index is 394. The van der Waals surface area contributed by atoms with Crippen LogP contribution in [0.3, 0.4) is 0 Å². The van der Waals surface area contributed by atoms with Gasteiger partial charge in [-0.2, -0.15) is 0 Å². The molecule has 0 aliphatic heterocycles. The fourth-order valence-corrected chi connectivity index (χ4v) is 3.48. The number of nitrogens with zero attached hydrogens (tertiary/aromatic N) is 1. The fourth-order valence-electron chi connectivity index (χ4n) is 2.71. The number of hydrogen-bond acceptors (Lipinski definition) is 5. The minimum Gasteiger partial charge on any atom is -0.469 e. The standard InChI is InChI=1S/C13H19NO3S/c1-13(16,12-14-7-8-18-12)10-5-3-9(4-6-10)11(15)17-2/h7-10,16H,3-6H2,1-2H3. The molecule has 1 atom stereocenters. The number of aliphatic hydroxyl groups is 1. The summed E-state index contributed by atoms with van der Waals surface area (Å²) in [5.74, 6) is 0.0465. The monoisotopic (exact) mass is 269 g/mol. The van der Waals surface area contributed by atoms with E-state index in [0.717, 1.165) is 30.7 Å². The summed E-state index contributed by atoms with van der Waals surface area (Å²) >= 11 is 1.48. The van der Waals surface area contributed by atoms with Gasteiger partial charge < -0.3 is 9.84 Å². The van der Waals surface area contributed by atoms with E-state index in [1.807, 2.05) is 12.3 Å². The van der Waals surface area contributed by atoms with Gasteiger partial charge in [-0.3, -0.25) is 4.79 Å². The average Bonchev–Trinajstić information content (AvgIpc) is 2.92. The first-order valence-electron chi connectivity index (χ1n) is 6.26. The zero-order valence-electron chi connectivity index (χ0n) is 10.8. The maximum Gasteiger partial charge on any atom is 0.308 e. The van der Waals surface area contributed by atoms with Crippen LogP contribution in [0.1, 0.15) is 37.6 Å². The SMILES string of the molecule is COC(=O)C1CCC(C(C)(O)c2nccs2)CC1. The summed E-state index contributed by atoms with van der Waals surface area (Å²) in [5.41, 5.74) is -0.880. The van der Waals surface area contributed by atoms with Crippen LogP contribution in [0.25, 0.3) is 0 Å². The lowest BCUT2D eigenvalue weighted by Crippen LogP contribution is -2.36. The zero-order valence-corrected chi connectivity index (χ0v) is 11.6. The summed E-state index contributed by atoms with van der Waals surface area (Å²) in [7, 11) is 1.43. The predicted octanol–water partition coefficient (Wildman–Crippen LogP) is 2.33. The van der Waals surface area contributed by atoms with Crippen molar-refractivity contribution in [3.63, 3.8) is 0 Å². The molecular weight excluding hydrogens is 250 g/mol. The van der Waals surface area contributed by atoms with E-state index in [2.05, 4.69) is 4.98 Å². The Labute approximate surface area is 111 Å². The van der Waals surface area contributed by atoms with Gasteiger partial charge in [0.15, 0.2) is 0 Å². The summed E-state index contributed by atoms with van der Waals surface area (Å²) in [6, 6.07) is 0. The van der Waals surface area contributed by atoms with Gasteiger partial charge >= 0.3 is 5.97 Å². The number of methoxy groups -OCH3 is 1. The quantitative estimate of drug-likeness (QED) is 0.856. The van der Waals surface area contributed by atoms with Crippen LogP contribution >= 0.6 is 11.3 Å². The van der Waals surface area contributed by atoms with Crippen molar-refractivity contribution < 1.29 is 14.6 Å². The minimum absolute atomic E-state index is 0.00153. The summed E-state index contributed by atoms with van der Waals surface area (Å²) in [6.45, 7) is 1.83. The lowest BCUT2D eigenvalue weighted by atomic mass is 9.74. The first kappa shape index (κ1) is 13.5. The topological polar surface area (TPSA) is 59.4 Å². The molecule has 1 aromatic heterocycles. The summed E-state index contributed by atoms with van der Waals surface area (Å²) < 4.78 is 4.77. The zero-order chi connectivity index (χ0) is 13.2. The van der Waals surface area contributed by atoms with Crippen LogP contribution < -0.4 is 0 Å². The molecule has 0 saturated heterocycles. The lowest BCUT2D eigenvalue weighted by Gasteiger charge is -2.36. The Morgan fingerprint density at radius 2 is 2.17 bits per heavy atom. The van der Waals surface area contributed by atoms with Crippen LogP contribution in [-0.2, 0) is 15.1 Å². The van der Waals surface area contributed by atoms with Gasteiger partial charge in [0.1, 0.15) is 10.6 Å². The van der Waals surface area contributed by atoms with Gasteiger partial charge in [0.2, 0.25) is 0 Å². The van der Waals surface area contributed by atoms with Gasteiger partial charge in [-0.1, -0.05) is 0 Å². The molecule has 1 aromatic rings. The van der Waals surface area contributed by atoms with E-state index in [0.29, 0.717) is 0 Å². The Morgan fingerprint density at radius 3 is 2.67 bits per heavy atom. The molecule has 1 heterocycles. The average molecular weight is 269 g/mol. The molecule has 0 bridgehead atoms. The molecule has 5 heteroatoms. The molecule has 4 nitrogen and oxygen atoms in total. The Morgan fingerprint density at radius 1 is 1.50 bits per heavy atom. The molecule has 0 amide bonds. The smallest absolute Gasteiger partial charge is 0.308 e. The first-order chi connectivity index (χ1) is 8.55. The molecule has 1 aliphatic carbocycles. The van der Waals surface area contributed by atoms with Crippen molar-refractivity contribution in [3.05, 3.63) is 16.6 Å². The minimum atomic E-state index is -0.880. The molecule has 1 fully saturated rings. The third-order valence-corrected chi connectivity index (χ3v) is 4.92. The summed E-state index contributed by atoms with van der Waals surface area (Å²) in [5, 5.41) is 13.3. The van der Waals surface area contributed by atoms with E-state index in [1.165, 1.54) is 18.4 Å². The molecule has 0 spiro atoms. The van der Waals surface area contributed by atoms with Crippen LogP contribution in [-0.4, -0.2) is 23.2 Å². The highest BCUT2D eigenvalue weighted by atomic mass is 32.1. The maximum atomic E-state index is 11.5. The van der Waals surface area contributed by atoms with E-state index in [1.54, 1.807) is 6.20 Å². The highest BCUT2D eigenvalue weighted by Crippen LogP contribution is 2.41. The van der Waals surface area contributed by atoms with Gasteiger partial charge in [-0.25, -0.2) is 4.98 Å². The van der Waals surface area contributed by atoms with E-state index < -0.39 is 5.60 Å².